The molecule has 1 aromatic heterocycles. The number of carboxylic acid groups (broad SMARTS) is 1. The van der Waals surface area contributed by atoms with Crippen LogP contribution < -0.4 is 0 Å². The lowest BCUT2D eigenvalue weighted by atomic mass is 9.87. The molecule has 0 fully saturated rings. The Morgan fingerprint density at radius 1 is 0.861 bits per heavy atom. The molecule has 0 aliphatic carbocycles. The maximum absolute atomic E-state index is 11.8. The van der Waals surface area contributed by atoms with Crippen molar-refractivity contribution in [1.82, 2.24) is 15.0 Å². The van der Waals surface area contributed by atoms with Gasteiger partial charge in [0.15, 0.2) is 0 Å². The maximum Gasteiger partial charge on any atom is 0.323 e. The van der Waals surface area contributed by atoms with Crippen LogP contribution in [0.4, 0.5) is 0 Å². The van der Waals surface area contributed by atoms with E-state index in [0.29, 0.717) is 11.7 Å². The van der Waals surface area contributed by atoms with Crippen molar-refractivity contribution in [3.63, 3.8) is 0 Å². The molecule has 0 bridgehead atoms. The summed E-state index contributed by atoms with van der Waals surface area (Å²) in [7, 11) is 1.83. The van der Waals surface area contributed by atoms with Crippen molar-refractivity contribution < 1.29 is 14.4 Å². The van der Waals surface area contributed by atoms with Gasteiger partial charge in [-0.3, -0.25) is 9.69 Å². The van der Waals surface area contributed by atoms with Gasteiger partial charge >= 0.3 is 5.97 Å². The number of likely N-dealkylation sites (N-methyl/N-ethyl adjacent to an activating group) is 1. The second-order valence-corrected chi connectivity index (χ2v) is 10.3. The van der Waals surface area contributed by atoms with Gasteiger partial charge in [-0.15, -0.1) is 0 Å². The summed E-state index contributed by atoms with van der Waals surface area (Å²) in [4.78, 5) is 18.4. The Morgan fingerprint density at radius 3 is 2.22 bits per heavy atom. The van der Waals surface area contributed by atoms with Crippen molar-refractivity contribution in [2.24, 2.45) is 0 Å². The Kier molecular flexibility index (Phi) is 6.58. The first-order valence-electron chi connectivity index (χ1n) is 12.0. The smallest absolute Gasteiger partial charge is 0.323 e. The number of aliphatic carboxylic acids is 1. The Labute approximate surface area is 212 Å². The second kappa shape index (κ2) is 9.36. The van der Waals surface area contributed by atoms with Crippen LogP contribution >= 0.6 is 0 Å². The summed E-state index contributed by atoms with van der Waals surface area (Å²) < 4.78 is 5.64. The molecule has 36 heavy (non-hydrogen) atoms. The van der Waals surface area contributed by atoms with Gasteiger partial charge in [0.05, 0.1) is 0 Å². The van der Waals surface area contributed by atoms with Crippen LogP contribution in [0.2, 0.25) is 0 Å². The third kappa shape index (κ3) is 4.56. The monoisotopic (exact) mass is 483 g/mol. The number of hydrogen-bond donors (Lipinski definition) is 1. The molecule has 0 saturated carbocycles. The number of benzene rings is 3. The maximum atomic E-state index is 11.8. The highest BCUT2D eigenvalue weighted by atomic mass is 16.5. The standard InChI is InChI=1S/C30H33N3O3/c1-19-11-8-9-14-24(19)25-16-15-22(17-20(25)2)27-31-26(32-36-27)21-12-10-13-23(18-21)29(3,4)33(7)30(5,6)28(34)35/h8-18H,1-7H3,(H,34,35). The van der Waals surface area contributed by atoms with E-state index in [9.17, 15) is 9.90 Å². The molecule has 0 aliphatic heterocycles. The molecule has 6 heteroatoms. The summed E-state index contributed by atoms with van der Waals surface area (Å²) >= 11 is 0. The molecule has 3 aromatic carbocycles. The van der Waals surface area contributed by atoms with Gasteiger partial charge in [0.25, 0.3) is 5.89 Å². The van der Waals surface area contributed by atoms with Gasteiger partial charge in [0.1, 0.15) is 5.54 Å². The molecular weight excluding hydrogens is 450 g/mol. The van der Waals surface area contributed by atoms with Crippen molar-refractivity contribution in [1.29, 1.82) is 0 Å². The predicted molar refractivity (Wildman–Crippen MR) is 143 cm³/mol. The lowest BCUT2D eigenvalue weighted by molar-refractivity contribution is -0.152. The molecule has 6 nitrogen and oxygen atoms in total. The van der Waals surface area contributed by atoms with Crippen LogP contribution in [0.25, 0.3) is 34.0 Å². The first-order valence-corrected chi connectivity index (χ1v) is 12.0. The van der Waals surface area contributed by atoms with E-state index in [1.54, 1.807) is 13.8 Å². The average molecular weight is 484 g/mol. The highest BCUT2D eigenvalue weighted by Gasteiger charge is 2.41. The third-order valence-electron chi connectivity index (χ3n) is 7.36. The van der Waals surface area contributed by atoms with Crippen LogP contribution in [-0.4, -0.2) is 38.7 Å². The number of aryl methyl sites for hydroxylation is 2. The zero-order valence-electron chi connectivity index (χ0n) is 22.0. The molecule has 1 N–H and O–H groups in total. The topological polar surface area (TPSA) is 79.5 Å². The molecule has 0 radical (unpaired) electrons. The number of hydrogen-bond acceptors (Lipinski definition) is 5. The summed E-state index contributed by atoms with van der Waals surface area (Å²) in [6.45, 7) is 11.6. The Bertz CT molecular complexity index is 1420. The van der Waals surface area contributed by atoms with Gasteiger partial charge in [0.2, 0.25) is 5.82 Å². The van der Waals surface area contributed by atoms with Gasteiger partial charge in [-0.05, 0) is 94.6 Å². The minimum atomic E-state index is -1.04. The number of nitrogens with zero attached hydrogens (tertiary/aromatic N) is 3. The van der Waals surface area contributed by atoms with Gasteiger partial charge in [-0.2, -0.15) is 4.98 Å². The fraction of sp³-hybridized carbons (Fsp3) is 0.300. The SMILES string of the molecule is Cc1ccccc1-c1ccc(-c2nc(-c3cccc(C(C)(C)N(C)C(C)(C)C(=O)O)c3)no2)cc1C. The van der Waals surface area contributed by atoms with Crippen molar-refractivity contribution in [3.8, 4) is 34.0 Å². The zero-order valence-corrected chi connectivity index (χ0v) is 22.0. The molecule has 0 spiro atoms. The Morgan fingerprint density at radius 2 is 1.56 bits per heavy atom. The number of carbonyl (C=O) groups is 1. The van der Waals surface area contributed by atoms with Gasteiger partial charge in [-0.1, -0.05) is 53.7 Å². The van der Waals surface area contributed by atoms with Crippen LogP contribution in [0.1, 0.15) is 44.4 Å². The summed E-state index contributed by atoms with van der Waals surface area (Å²) in [5.74, 6) is 0.0717. The van der Waals surface area contributed by atoms with E-state index < -0.39 is 17.0 Å². The first kappa shape index (κ1) is 25.3. The van der Waals surface area contributed by atoms with Crippen LogP contribution in [-0.2, 0) is 10.3 Å². The number of aromatic nitrogens is 2. The van der Waals surface area contributed by atoms with E-state index in [-0.39, 0.29) is 0 Å². The summed E-state index contributed by atoms with van der Waals surface area (Å²) in [6.07, 6.45) is 0. The minimum absolute atomic E-state index is 0.457. The van der Waals surface area contributed by atoms with Gasteiger partial charge in [0, 0.05) is 16.7 Å². The molecule has 1 heterocycles. The highest BCUT2D eigenvalue weighted by Crippen LogP contribution is 2.35. The molecule has 0 saturated heterocycles. The normalized spacial score (nSPS) is 12.2. The predicted octanol–water partition coefficient (Wildman–Crippen LogP) is 6.72. The minimum Gasteiger partial charge on any atom is -0.480 e. The van der Waals surface area contributed by atoms with Gasteiger partial charge < -0.3 is 9.63 Å². The molecule has 0 atom stereocenters. The molecular formula is C30H33N3O3. The van der Waals surface area contributed by atoms with Crippen molar-refractivity contribution in [2.75, 3.05) is 7.05 Å². The Balaban J connectivity index is 1.64. The van der Waals surface area contributed by atoms with Crippen molar-refractivity contribution >= 4 is 5.97 Å². The molecule has 0 aliphatic rings. The van der Waals surface area contributed by atoms with E-state index in [4.69, 9.17) is 4.52 Å². The quantitative estimate of drug-likeness (QED) is 0.314. The fourth-order valence-electron chi connectivity index (χ4n) is 4.51. The highest BCUT2D eigenvalue weighted by molar-refractivity contribution is 5.78. The third-order valence-corrected chi connectivity index (χ3v) is 7.36. The molecule has 186 valence electrons. The van der Waals surface area contributed by atoms with E-state index in [1.807, 2.05) is 62.2 Å². The van der Waals surface area contributed by atoms with Crippen LogP contribution in [0.3, 0.4) is 0 Å². The van der Waals surface area contributed by atoms with Crippen molar-refractivity contribution in [3.05, 3.63) is 83.4 Å². The zero-order chi connectivity index (χ0) is 26.3. The van der Waals surface area contributed by atoms with Crippen molar-refractivity contribution in [2.45, 2.75) is 52.6 Å². The lowest BCUT2D eigenvalue weighted by Gasteiger charge is -2.44. The van der Waals surface area contributed by atoms with E-state index in [0.717, 1.165) is 22.3 Å². The van der Waals surface area contributed by atoms with Gasteiger partial charge in [-0.25, -0.2) is 0 Å². The van der Waals surface area contributed by atoms with Crippen LogP contribution in [0, 0.1) is 13.8 Å². The molecule has 0 unspecified atom stereocenters. The summed E-state index contributed by atoms with van der Waals surface area (Å²) in [6, 6.07) is 22.4. The van der Waals surface area contributed by atoms with E-state index in [2.05, 4.69) is 54.3 Å². The largest absolute Gasteiger partial charge is 0.480 e. The summed E-state index contributed by atoms with van der Waals surface area (Å²) in [5.41, 5.74) is 5.80. The summed E-state index contributed by atoms with van der Waals surface area (Å²) in [5, 5.41) is 13.9. The molecule has 4 aromatic rings. The molecule has 0 amide bonds. The van der Waals surface area contributed by atoms with Crippen LogP contribution in [0.5, 0.6) is 0 Å². The first-order chi connectivity index (χ1) is 16.9. The number of rotatable bonds is 7. The molecule has 4 rings (SSSR count). The second-order valence-electron chi connectivity index (χ2n) is 10.3. The van der Waals surface area contributed by atoms with E-state index >= 15 is 0 Å². The average Bonchev–Trinajstić information content (AvgIpc) is 3.34. The lowest BCUT2D eigenvalue weighted by Crippen LogP contribution is -2.55. The Hall–Kier alpha value is -3.77. The van der Waals surface area contributed by atoms with Crippen LogP contribution in [0.15, 0.2) is 71.3 Å². The van der Waals surface area contributed by atoms with E-state index in [1.165, 1.54) is 16.7 Å². The fourth-order valence-corrected chi connectivity index (χ4v) is 4.51. The number of carboxylic acids is 1.